The Morgan fingerprint density at radius 3 is 2.60 bits per heavy atom. The fourth-order valence-electron chi connectivity index (χ4n) is 4.38. The Labute approximate surface area is 211 Å². The summed E-state index contributed by atoms with van der Waals surface area (Å²) in [5.74, 6) is -0.603. The Balaban J connectivity index is 1.36. The molecule has 192 valence electrons. The van der Waals surface area contributed by atoms with Crippen molar-refractivity contribution in [2.75, 3.05) is 52.9 Å². The number of rotatable bonds is 8. The SMILES string of the molecule is COC(=O)NC1CCN(CCCCN2CCN(C(=O)/C=C/c3ccc(F)c(Cl)c3)CCC2=O)CC1. The average Bonchev–Trinajstić information content (AvgIpc) is 3.04. The van der Waals surface area contributed by atoms with Crippen LogP contribution in [0.5, 0.6) is 0 Å². The molecule has 8 nitrogen and oxygen atoms in total. The van der Waals surface area contributed by atoms with Gasteiger partial charge in [-0.3, -0.25) is 9.59 Å². The van der Waals surface area contributed by atoms with Gasteiger partial charge in [-0.1, -0.05) is 17.7 Å². The van der Waals surface area contributed by atoms with Crippen LogP contribution in [0.2, 0.25) is 5.02 Å². The summed E-state index contributed by atoms with van der Waals surface area (Å²) in [6, 6.07) is 4.46. The first-order valence-electron chi connectivity index (χ1n) is 12.1. The first-order chi connectivity index (χ1) is 16.9. The van der Waals surface area contributed by atoms with Gasteiger partial charge in [0.05, 0.1) is 12.1 Å². The highest BCUT2D eigenvalue weighted by Crippen LogP contribution is 2.17. The summed E-state index contributed by atoms with van der Waals surface area (Å²) in [7, 11) is 1.37. The van der Waals surface area contributed by atoms with Crippen LogP contribution in [0.4, 0.5) is 9.18 Å². The largest absolute Gasteiger partial charge is 0.453 e. The van der Waals surface area contributed by atoms with Gasteiger partial charge in [0.2, 0.25) is 11.8 Å². The molecule has 0 saturated carbocycles. The van der Waals surface area contributed by atoms with E-state index in [1.165, 1.54) is 25.3 Å². The predicted molar refractivity (Wildman–Crippen MR) is 132 cm³/mol. The maximum Gasteiger partial charge on any atom is 0.407 e. The van der Waals surface area contributed by atoms with E-state index in [1.54, 1.807) is 17.0 Å². The topological polar surface area (TPSA) is 82.2 Å². The second kappa shape index (κ2) is 13.4. The van der Waals surface area contributed by atoms with E-state index >= 15 is 0 Å². The number of ether oxygens (including phenoxy) is 1. The number of halogens is 2. The standard InChI is InChI=1S/C25H34ClFN4O4/c1-35-25(34)28-20-8-13-29(14-9-20)11-2-3-12-30-16-17-31(15-10-24(30)33)23(32)7-5-19-4-6-22(27)21(26)18-19/h4-7,18,20H,2-3,8-17H2,1H3,(H,28,34)/b7-5+. The van der Waals surface area contributed by atoms with Crippen molar-refractivity contribution in [3.05, 3.63) is 40.7 Å². The summed E-state index contributed by atoms with van der Waals surface area (Å²) >= 11 is 5.79. The minimum absolute atomic E-state index is 0.00987. The molecule has 2 heterocycles. The molecular formula is C25H34ClFN4O4. The monoisotopic (exact) mass is 508 g/mol. The zero-order valence-electron chi connectivity index (χ0n) is 20.2. The van der Waals surface area contributed by atoms with Crippen LogP contribution in [-0.2, 0) is 14.3 Å². The summed E-state index contributed by atoms with van der Waals surface area (Å²) in [6.07, 6.45) is 6.69. The lowest BCUT2D eigenvalue weighted by atomic mass is 10.0. The molecule has 0 aromatic heterocycles. The normalized spacial score (nSPS) is 18.1. The highest BCUT2D eigenvalue weighted by Gasteiger charge is 2.23. The van der Waals surface area contributed by atoms with Crippen molar-refractivity contribution in [2.24, 2.45) is 0 Å². The Hall–Kier alpha value is -2.65. The number of unbranched alkanes of at least 4 members (excludes halogenated alkanes) is 1. The number of alkyl carbamates (subject to hydrolysis) is 1. The van der Waals surface area contributed by atoms with Gasteiger partial charge in [0.25, 0.3) is 0 Å². The van der Waals surface area contributed by atoms with Crippen molar-refractivity contribution >= 4 is 35.6 Å². The zero-order valence-corrected chi connectivity index (χ0v) is 20.9. The molecule has 0 unspecified atom stereocenters. The van der Waals surface area contributed by atoms with E-state index in [0.717, 1.165) is 45.3 Å². The number of hydrogen-bond acceptors (Lipinski definition) is 5. The van der Waals surface area contributed by atoms with E-state index in [-0.39, 0.29) is 29.0 Å². The molecule has 2 aliphatic rings. The lowest BCUT2D eigenvalue weighted by Crippen LogP contribution is -2.44. The van der Waals surface area contributed by atoms with Crippen molar-refractivity contribution in [2.45, 2.75) is 38.1 Å². The number of hydrogen-bond donors (Lipinski definition) is 1. The minimum atomic E-state index is -0.501. The van der Waals surface area contributed by atoms with E-state index < -0.39 is 5.82 Å². The molecule has 2 saturated heterocycles. The molecule has 10 heteroatoms. The van der Waals surface area contributed by atoms with Crippen LogP contribution in [-0.4, -0.2) is 91.6 Å². The maximum atomic E-state index is 13.3. The van der Waals surface area contributed by atoms with Crippen LogP contribution in [0.3, 0.4) is 0 Å². The highest BCUT2D eigenvalue weighted by molar-refractivity contribution is 6.30. The van der Waals surface area contributed by atoms with Gasteiger partial charge in [-0.2, -0.15) is 0 Å². The van der Waals surface area contributed by atoms with Crippen molar-refractivity contribution in [3.63, 3.8) is 0 Å². The lowest BCUT2D eigenvalue weighted by Gasteiger charge is -2.32. The highest BCUT2D eigenvalue weighted by atomic mass is 35.5. The maximum absolute atomic E-state index is 13.3. The van der Waals surface area contributed by atoms with E-state index in [0.29, 0.717) is 38.2 Å². The molecule has 0 spiro atoms. The summed E-state index contributed by atoms with van der Waals surface area (Å²) in [5.41, 5.74) is 0.640. The van der Waals surface area contributed by atoms with Crippen molar-refractivity contribution < 1.29 is 23.5 Å². The summed E-state index contributed by atoms with van der Waals surface area (Å²) in [5, 5.41) is 2.87. The lowest BCUT2D eigenvalue weighted by molar-refractivity contribution is -0.130. The van der Waals surface area contributed by atoms with Gasteiger partial charge >= 0.3 is 6.09 Å². The van der Waals surface area contributed by atoms with Crippen LogP contribution in [0.15, 0.2) is 24.3 Å². The number of carbonyl (C=O) groups is 3. The quantitative estimate of drug-likeness (QED) is 0.431. The van der Waals surface area contributed by atoms with Gasteiger partial charge in [0.1, 0.15) is 5.82 Å². The van der Waals surface area contributed by atoms with Gasteiger partial charge in [-0.05, 0) is 56.0 Å². The molecule has 0 atom stereocenters. The molecule has 1 aromatic carbocycles. The van der Waals surface area contributed by atoms with Crippen LogP contribution in [0.25, 0.3) is 6.08 Å². The third-order valence-corrected chi connectivity index (χ3v) is 6.80. The van der Waals surface area contributed by atoms with Crippen LogP contribution in [0, 0.1) is 5.82 Å². The molecule has 0 aliphatic carbocycles. The molecule has 2 aliphatic heterocycles. The second-order valence-electron chi connectivity index (χ2n) is 8.92. The van der Waals surface area contributed by atoms with Crippen molar-refractivity contribution in [1.82, 2.24) is 20.0 Å². The molecular weight excluding hydrogens is 475 g/mol. The van der Waals surface area contributed by atoms with Crippen molar-refractivity contribution in [3.8, 4) is 0 Å². The molecule has 3 rings (SSSR count). The number of nitrogens with one attached hydrogen (secondary N) is 1. The minimum Gasteiger partial charge on any atom is -0.453 e. The fraction of sp³-hybridized carbons (Fsp3) is 0.560. The number of benzene rings is 1. The number of amides is 3. The van der Waals surface area contributed by atoms with Crippen LogP contribution in [0.1, 0.15) is 37.7 Å². The van der Waals surface area contributed by atoms with E-state index in [2.05, 4.69) is 15.0 Å². The first kappa shape index (κ1) is 26.9. The van der Waals surface area contributed by atoms with Gasteiger partial charge in [-0.15, -0.1) is 0 Å². The molecule has 35 heavy (non-hydrogen) atoms. The molecule has 1 aromatic rings. The molecule has 2 fully saturated rings. The Morgan fingerprint density at radius 1 is 1.14 bits per heavy atom. The number of methoxy groups -OCH3 is 1. The molecule has 3 amide bonds. The van der Waals surface area contributed by atoms with Gasteiger partial charge in [0.15, 0.2) is 0 Å². The third-order valence-electron chi connectivity index (χ3n) is 6.51. The summed E-state index contributed by atoms with van der Waals surface area (Å²) in [6.45, 7) is 4.92. The summed E-state index contributed by atoms with van der Waals surface area (Å²) < 4.78 is 17.9. The smallest absolute Gasteiger partial charge is 0.407 e. The van der Waals surface area contributed by atoms with Crippen LogP contribution < -0.4 is 5.32 Å². The van der Waals surface area contributed by atoms with E-state index in [4.69, 9.17) is 11.6 Å². The number of nitrogens with zero attached hydrogens (tertiary/aromatic N) is 3. The predicted octanol–water partition coefficient (Wildman–Crippen LogP) is 3.15. The number of piperidine rings is 1. The van der Waals surface area contributed by atoms with Crippen LogP contribution >= 0.6 is 11.6 Å². The summed E-state index contributed by atoms with van der Waals surface area (Å²) in [4.78, 5) is 42.4. The Kier molecular flexibility index (Phi) is 10.3. The van der Waals surface area contributed by atoms with Gasteiger partial charge in [0, 0.05) is 57.8 Å². The van der Waals surface area contributed by atoms with E-state index in [1.807, 2.05) is 4.90 Å². The zero-order chi connectivity index (χ0) is 25.2. The first-order valence-corrected chi connectivity index (χ1v) is 12.5. The fourth-order valence-corrected chi connectivity index (χ4v) is 4.57. The second-order valence-corrected chi connectivity index (χ2v) is 9.33. The Bertz CT molecular complexity index is 921. The van der Waals surface area contributed by atoms with Gasteiger partial charge < -0.3 is 24.8 Å². The molecule has 1 N–H and O–H groups in total. The Morgan fingerprint density at radius 2 is 1.89 bits per heavy atom. The van der Waals surface area contributed by atoms with E-state index in [9.17, 15) is 18.8 Å². The molecule has 0 bridgehead atoms. The number of likely N-dealkylation sites (tertiary alicyclic amines) is 1. The molecule has 0 radical (unpaired) electrons. The third kappa shape index (κ3) is 8.50. The average molecular weight is 509 g/mol. The number of carbonyl (C=O) groups excluding carboxylic acids is 3. The van der Waals surface area contributed by atoms with Crippen molar-refractivity contribution in [1.29, 1.82) is 0 Å². The van der Waals surface area contributed by atoms with Gasteiger partial charge in [-0.25, -0.2) is 9.18 Å².